The van der Waals surface area contributed by atoms with Gasteiger partial charge in [0.25, 0.3) is 5.92 Å². The van der Waals surface area contributed by atoms with Gasteiger partial charge in [-0.15, -0.1) is 0 Å². The molecule has 276 valence electrons. The summed E-state index contributed by atoms with van der Waals surface area (Å²) in [5.74, 6) is -3.73. The molecule has 0 saturated heterocycles. The standard InChI is InChI=1S/C38H33F7N6O2/c1-4-50-32-26(6-5-7-27(32)35(46)49-50)25-9-8-23(10-11-36(2,3)53)47-31(25)20(12-19-13-21(39)16-22(40)14-19)15-24(52)18-51-34-30(33(48-51)38(43,44)45)28-17-29(28)37(34,41)42/h5-9,13-14,16,20,28-29,53H,4,12,15,17-18H2,1-3H3,(H2,46,49)/t20-,28+,29-/m1/s1. The largest absolute Gasteiger partial charge is 0.435 e. The van der Waals surface area contributed by atoms with E-state index in [1.807, 2.05) is 6.92 Å². The van der Waals surface area contributed by atoms with Crippen LogP contribution in [0.5, 0.6) is 0 Å². The molecule has 1 fully saturated rings. The molecule has 2 aromatic carbocycles. The second-order valence-corrected chi connectivity index (χ2v) is 14.1. The van der Waals surface area contributed by atoms with Gasteiger partial charge in [0, 0.05) is 52.9 Å². The molecule has 0 radical (unpaired) electrons. The number of aromatic nitrogens is 5. The highest BCUT2D eigenvalue weighted by Gasteiger charge is 2.68. The molecule has 0 bridgehead atoms. The molecular formula is C38H33F7N6O2. The molecule has 0 unspecified atom stereocenters. The number of anilines is 1. The number of carbonyl (C=O) groups excluding carboxylic acids is 1. The molecule has 2 aliphatic carbocycles. The monoisotopic (exact) mass is 738 g/mol. The van der Waals surface area contributed by atoms with Crippen molar-refractivity contribution in [2.75, 3.05) is 5.73 Å². The van der Waals surface area contributed by atoms with Crippen LogP contribution in [0.15, 0.2) is 48.5 Å². The highest BCUT2D eigenvalue weighted by atomic mass is 19.4. The number of pyridine rings is 1. The highest BCUT2D eigenvalue weighted by Crippen LogP contribution is 2.68. The first kappa shape index (κ1) is 36.1. The van der Waals surface area contributed by atoms with Gasteiger partial charge in [0.05, 0.1) is 11.2 Å². The fourth-order valence-electron chi connectivity index (χ4n) is 7.39. The van der Waals surface area contributed by atoms with Gasteiger partial charge < -0.3 is 10.8 Å². The SMILES string of the molecule is CCn1nc(N)c2cccc(-c3ccc(C#CC(C)(C)O)nc3[C@@H](CC(=O)Cn3nc(C(F)(F)F)c4c3C(F)(F)[C@@H]3C[C@H]43)Cc3cc(F)cc(F)c3)c21. The number of hydrogen-bond acceptors (Lipinski definition) is 6. The number of nitrogens with two attached hydrogens (primary N) is 1. The molecule has 7 rings (SSSR count). The number of alkyl halides is 5. The second kappa shape index (κ2) is 12.7. The predicted molar refractivity (Wildman–Crippen MR) is 181 cm³/mol. The zero-order chi connectivity index (χ0) is 38.2. The summed E-state index contributed by atoms with van der Waals surface area (Å²) < 4.78 is 104. The topological polar surface area (TPSA) is 112 Å². The molecule has 3 atom stereocenters. The molecule has 5 aromatic rings. The minimum atomic E-state index is -5.02. The summed E-state index contributed by atoms with van der Waals surface area (Å²) >= 11 is 0. The van der Waals surface area contributed by atoms with Crippen molar-refractivity contribution in [3.05, 3.63) is 94.1 Å². The van der Waals surface area contributed by atoms with Crippen LogP contribution >= 0.6 is 0 Å². The van der Waals surface area contributed by atoms with Crippen LogP contribution in [0, 0.1) is 29.4 Å². The summed E-state index contributed by atoms with van der Waals surface area (Å²) in [6.07, 6.45) is -5.82. The zero-order valence-electron chi connectivity index (χ0n) is 28.7. The summed E-state index contributed by atoms with van der Waals surface area (Å²) in [5.41, 5.74) is 4.09. The predicted octanol–water partition coefficient (Wildman–Crippen LogP) is 7.51. The van der Waals surface area contributed by atoms with Gasteiger partial charge in [-0.2, -0.15) is 32.1 Å². The molecule has 3 N–H and O–H groups in total. The van der Waals surface area contributed by atoms with E-state index in [2.05, 4.69) is 22.0 Å². The maximum absolute atomic E-state index is 15.3. The number of para-hydroxylation sites is 1. The van der Waals surface area contributed by atoms with Gasteiger partial charge in [-0.05, 0) is 81.3 Å². The Bertz CT molecular complexity index is 2320. The Balaban J connectivity index is 1.37. The quantitative estimate of drug-likeness (QED) is 0.120. The minimum absolute atomic E-state index is 0.106. The molecule has 1 saturated carbocycles. The Morgan fingerprint density at radius 3 is 2.43 bits per heavy atom. The average Bonchev–Trinajstić information content (AvgIpc) is 3.60. The molecule has 3 heterocycles. The third-order valence-corrected chi connectivity index (χ3v) is 9.60. The van der Waals surface area contributed by atoms with Gasteiger partial charge in [0.15, 0.2) is 17.3 Å². The van der Waals surface area contributed by atoms with Gasteiger partial charge >= 0.3 is 6.18 Å². The number of Topliss-reactive ketones (excluding diaryl/α,β-unsaturated/α-hetero) is 1. The summed E-state index contributed by atoms with van der Waals surface area (Å²) in [6, 6.07) is 11.4. The number of hydrogen-bond donors (Lipinski definition) is 2. The molecule has 2 aliphatic rings. The molecule has 53 heavy (non-hydrogen) atoms. The van der Waals surface area contributed by atoms with E-state index in [0.29, 0.717) is 39.3 Å². The maximum atomic E-state index is 15.3. The van der Waals surface area contributed by atoms with Crippen molar-refractivity contribution in [2.45, 2.75) is 82.7 Å². The van der Waals surface area contributed by atoms with Crippen LogP contribution in [0.4, 0.5) is 36.6 Å². The van der Waals surface area contributed by atoms with E-state index < -0.39 is 82.8 Å². The Hall–Kier alpha value is -5.23. The van der Waals surface area contributed by atoms with Gasteiger partial charge in [0.2, 0.25) is 0 Å². The van der Waals surface area contributed by atoms with Crippen LogP contribution in [0.25, 0.3) is 22.0 Å². The third kappa shape index (κ3) is 6.76. The number of halogens is 7. The highest BCUT2D eigenvalue weighted by molar-refractivity contribution is 6.00. The number of fused-ring (bicyclic) bond motifs is 4. The molecule has 15 heteroatoms. The van der Waals surface area contributed by atoms with Crippen LogP contribution in [0.1, 0.15) is 79.4 Å². The number of nitrogens with zero attached hydrogens (tertiary/aromatic N) is 5. The van der Waals surface area contributed by atoms with Crippen molar-refractivity contribution in [2.24, 2.45) is 5.92 Å². The Morgan fingerprint density at radius 1 is 1.06 bits per heavy atom. The summed E-state index contributed by atoms with van der Waals surface area (Å²) in [7, 11) is 0. The second-order valence-electron chi connectivity index (χ2n) is 14.1. The lowest BCUT2D eigenvalue weighted by atomic mass is 9.86. The lowest BCUT2D eigenvalue weighted by Gasteiger charge is -2.21. The van der Waals surface area contributed by atoms with Gasteiger partial charge in [-0.25, -0.2) is 13.8 Å². The number of rotatable bonds is 9. The van der Waals surface area contributed by atoms with Crippen molar-refractivity contribution in [1.82, 2.24) is 24.5 Å². The van der Waals surface area contributed by atoms with Crippen molar-refractivity contribution < 1.29 is 40.6 Å². The summed E-state index contributed by atoms with van der Waals surface area (Å²) in [4.78, 5) is 18.7. The number of benzene rings is 2. The fraction of sp³-hybridized carbons (Fsp3) is 0.368. The van der Waals surface area contributed by atoms with E-state index in [4.69, 9.17) is 10.7 Å². The fourth-order valence-corrected chi connectivity index (χ4v) is 7.39. The van der Waals surface area contributed by atoms with Crippen LogP contribution in [-0.4, -0.2) is 41.0 Å². The maximum Gasteiger partial charge on any atom is 0.435 e. The van der Waals surface area contributed by atoms with Crippen molar-refractivity contribution in [3.8, 4) is 23.0 Å². The molecular weight excluding hydrogens is 705 g/mol. The van der Waals surface area contributed by atoms with E-state index in [0.717, 1.165) is 12.1 Å². The van der Waals surface area contributed by atoms with E-state index in [-0.39, 0.29) is 35.6 Å². The number of carbonyl (C=O) groups is 1. The van der Waals surface area contributed by atoms with E-state index in [1.165, 1.54) is 13.8 Å². The van der Waals surface area contributed by atoms with Crippen LogP contribution in [-0.2, 0) is 36.4 Å². The Morgan fingerprint density at radius 2 is 1.77 bits per heavy atom. The minimum Gasteiger partial charge on any atom is -0.382 e. The molecule has 0 spiro atoms. The first-order valence-corrected chi connectivity index (χ1v) is 16.9. The number of nitrogen functional groups attached to an aromatic ring is 1. The van der Waals surface area contributed by atoms with Crippen molar-refractivity contribution >= 4 is 22.5 Å². The van der Waals surface area contributed by atoms with Crippen LogP contribution in [0.2, 0.25) is 0 Å². The molecule has 0 aliphatic heterocycles. The number of aryl methyl sites for hydroxylation is 1. The smallest absolute Gasteiger partial charge is 0.382 e. The zero-order valence-corrected chi connectivity index (χ0v) is 28.7. The number of ketones is 1. The van der Waals surface area contributed by atoms with Gasteiger partial charge in [0.1, 0.15) is 35.2 Å². The number of aliphatic hydroxyl groups is 1. The van der Waals surface area contributed by atoms with Crippen molar-refractivity contribution in [1.29, 1.82) is 0 Å². The summed E-state index contributed by atoms with van der Waals surface area (Å²) in [5, 5.41) is 18.8. The third-order valence-electron chi connectivity index (χ3n) is 9.60. The van der Waals surface area contributed by atoms with Crippen LogP contribution < -0.4 is 5.73 Å². The van der Waals surface area contributed by atoms with E-state index >= 15 is 8.78 Å². The van der Waals surface area contributed by atoms with Gasteiger partial charge in [-0.3, -0.25) is 14.2 Å². The van der Waals surface area contributed by atoms with Gasteiger partial charge in [-0.1, -0.05) is 18.1 Å². The normalized spacial score (nSPS) is 18.0. The Labute approximate surface area is 298 Å². The molecule has 8 nitrogen and oxygen atoms in total. The average molecular weight is 739 g/mol. The van der Waals surface area contributed by atoms with E-state index in [9.17, 15) is 31.9 Å². The first-order chi connectivity index (χ1) is 24.9. The molecule has 0 amide bonds. The van der Waals surface area contributed by atoms with Crippen LogP contribution in [0.3, 0.4) is 0 Å². The lowest BCUT2D eigenvalue weighted by Crippen LogP contribution is -2.24. The van der Waals surface area contributed by atoms with Crippen molar-refractivity contribution in [3.63, 3.8) is 0 Å². The molecule has 3 aromatic heterocycles. The lowest BCUT2D eigenvalue weighted by molar-refractivity contribution is -0.142. The summed E-state index contributed by atoms with van der Waals surface area (Å²) in [6.45, 7) is 4.31. The first-order valence-electron chi connectivity index (χ1n) is 16.9. The van der Waals surface area contributed by atoms with E-state index in [1.54, 1.807) is 35.0 Å². The Kier molecular flexibility index (Phi) is 8.67.